The molecule has 0 saturated heterocycles. The van der Waals surface area contributed by atoms with E-state index in [-0.39, 0.29) is 12.0 Å². The molecule has 0 bridgehead atoms. The van der Waals surface area contributed by atoms with Crippen LogP contribution < -0.4 is 10.6 Å². The van der Waals surface area contributed by atoms with Crippen LogP contribution in [0.25, 0.3) is 0 Å². The average Bonchev–Trinajstić information content (AvgIpc) is 3.57. The number of ether oxygens (including phenoxy) is 9. The molecule has 1 fully saturated rings. The van der Waals surface area contributed by atoms with Gasteiger partial charge >= 0.3 is 0 Å². The van der Waals surface area contributed by atoms with Gasteiger partial charge in [-0.2, -0.15) is 0 Å². The van der Waals surface area contributed by atoms with Crippen LogP contribution in [0.2, 0.25) is 0 Å². The normalized spacial score (nSPS) is 13.1. The van der Waals surface area contributed by atoms with E-state index in [0.29, 0.717) is 112 Å². The van der Waals surface area contributed by atoms with Gasteiger partial charge in [-0.3, -0.25) is 4.79 Å². The van der Waals surface area contributed by atoms with Gasteiger partial charge in [0.15, 0.2) is 0 Å². The monoisotopic (exact) mass is 1250 g/mol. The molecule has 0 heterocycles. The molecule has 13 nitrogen and oxygen atoms in total. The number of unbranched alkanes of at least 4 members (excludes halogenated alkanes) is 30. The lowest BCUT2D eigenvalue weighted by atomic mass is 9.91. The summed E-state index contributed by atoms with van der Waals surface area (Å²) in [6.07, 6.45) is 60.9. The van der Waals surface area contributed by atoms with Gasteiger partial charge in [0.05, 0.1) is 91.7 Å². The molecule has 0 aromatic rings. The van der Waals surface area contributed by atoms with Crippen molar-refractivity contribution in [1.29, 1.82) is 0 Å². The van der Waals surface area contributed by atoms with Crippen LogP contribution in [-0.2, 0) is 47.4 Å². The van der Waals surface area contributed by atoms with Crippen molar-refractivity contribution in [2.45, 2.75) is 291 Å². The topological polar surface area (TPSA) is 127 Å². The Labute approximate surface area is 543 Å². The fourth-order valence-corrected chi connectivity index (χ4v) is 10.6. The first-order chi connectivity index (χ1) is 43.6. The number of nitrogens with one attached hydrogen (secondary N) is 2. The van der Waals surface area contributed by atoms with E-state index in [0.717, 1.165) is 89.1 Å². The molecule has 1 amide bonds. The van der Waals surface area contributed by atoms with Gasteiger partial charge in [-0.25, -0.2) is 0 Å². The van der Waals surface area contributed by atoms with E-state index in [9.17, 15) is 4.79 Å². The van der Waals surface area contributed by atoms with Crippen LogP contribution in [0.3, 0.4) is 0 Å². The Bertz CT molecular complexity index is 1560. The lowest BCUT2D eigenvalue weighted by Crippen LogP contribution is -2.41. The summed E-state index contributed by atoms with van der Waals surface area (Å²) in [6, 6.07) is 0. The number of methoxy groups -OCH3 is 1. The van der Waals surface area contributed by atoms with Crippen LogP contribution >= 0.6 is 0 Å². The number of hydrogen-bond acceptors (Lipinski definition) is 12. The third-order valence-corrected chi connectivity index (χ3v) is 16.4. The number of carbonyl (C=O) groups excluding carboxylic acids is 1. The zero-order valence-corrected chi connectivity index (χ0v) is 58.4. The summed E-state index contributed by atoms with van der Waals surface area (Å²) in [5.41, 5.74) is 1.40. The minimum atomic E-state index is -0.136. The Balaban J connectivity index is 2.47. The summed E-state index contributed by atoms with van der Waals surface area (Å²) in [4.78, 5) is 16.0. The van der Waals surface area contributed by atoms with Gasteiger partial charge in [0.2, 0.25) is 5.91 Å². The highest BCUT2D eigenvalue weighted by Crippen LogP contribution is 2.29. The number of nitrogens with zero attached hydrogens (tertiary/aromatic N) is 1. The molecule has 1 atom stereocenters. The number of allylic oxidation sites excluding steroid dienone is 6. The molecule has 0 spiro atoms. The SMILES string of the molecule is CCC/C=C(/CNCCOC)OCCNCC(OCCOCCOCCOCCOCCC(=O)N(CCCCCCCC)CC(COCCCCCCCC/C=C\CCCCCCCC)OCCCCCCCC/C=C\CCCCCCCC)=C1CCC1. The predicted octanol–water partition coefficient (Wildman–Crippen LogP) is 18.1. The maximum Gasteiger partial charge on any atom is 0.224 e. The molecule has 518 valence electrons. The number of hydrogen-bond donors (Lipinski definition) is 2. The molecule has 0 radical (unpaired) electrons. The van der Waals surface area contributed by atoms with Crippen LogP contribution in [0.5, 0.6) is 0 Å². The molecule has 1 aliphatic rings. The first kappa shape index (κ1) is 83.7. The molecule has 88 heavy (non-hydrogen) atoms. The fourth-order valence-electron chi connectivity index (χ4n) is 10.6. The molecule has 1 aliphatic carbocycles. The number of amides is 1. The molecule has 1 rings (SSSR count). The number of carbonyl (C=O) groups is 1. The van der Waals surface area contributed by atoms with Crippen LogP contribution in [-0.4, -0.2) is 156 Å². The zero-order valence-electron chi connectivity index (χ0n) is 58.4. The zero-order chi connectivity index (χ0) is 63.2. The van der Waals surface area contributed by atoms with Gasteiger partial charge in [0, 0.05) is 46.5 Å². The molecule has 2 N–H and O–H groups in total. The van der Waals surface area contributed by atoms with E-state index in [1.807, 2.05) is 4.90 Å². The Hall–Kier alpha value is -2.33. The van der Waals surface area contributed by atoms with Gasteiger partial charge in [-0.15, -0.1) is 0 Å². The highest BCUT2D eigenvalue weighted by molar-refractivity contribution is 5.76. The smallest absolute Gasteiger partial charge is 0.224 e. The van der Waals surface area contributed by atoms with Crippen molar-refractivity contribution in [2.24, 2.45) is 0 Å². The molecule has 0 aromatic carbocycles. The minimum Gasteiger partial charge on any atom is -0.496 e. The van der Waals surface area contributed by atoms with Gasteiger partial charge in [0.1, 0.15) is 24.7 Å². The summed E-state index contributed by atoms with van der Waals surface area (Å²) in [7, 11) is 1.72. The van der Waals surface area contributed by atoms with E-state index in [4.69, 9.17) is 42.6 Å². The van der Waals surface area contributed by atoms with Crippen LogP contribution in [0.4, 0.5) is 0 Å². The van der Waals surface area contributed by atoms with Crippen LogP contribution in [0.1, 0.15) is 285 Å². The summed E-state index contributed by atoms with van der Waals surface area (Å²) < 4.78 is 53.6. The van der Waals surface area contributed by atoms with Gasteiger partial charge in [0.25, 0.3) is 0 Å². The first-order valence-corrected chi connectivity index (χ1v) is 37.2. The Morgan fingerprint density at radius 2 is 0.898 bits per heavy atom. The van der Waals surface area contributed by atoms with Crippen molar-refractivity contribution in [3.63, 3.8) is 0 Å². The Morgan fingerprint density at radius 1 is 0.443 bits per heavy atom. The van der Waals surface area contributed by atoms with E-state index in [2.05, 4.69) is 68.7 Å². The second-order valence-electron chi connectivity index (χ2n) is 24.6. The van der Waals surface area contributed by atoms with Crippen molar-refractivity contribution in [3.8, 4) is 0 Å². The third-order valence-electron chi connectivity index (χ3n) is 16.4. The molecule has 0 aromatic heterocycles. The summed E-state index contributed by atoms with van der Waals surface area (Å²) in [5, 5.41) is 6.88. The molecular weight excluding hydrogens is 1100 g/mol. The third kappa shape index (κ3) is 58.7. The first-order valence-electron chi connectivity index (χ1n) is 37.2. The lowest BCUT2D eigenvalue weighted by molar-refractivity contribution is -0.135. The summed E-state index contributed by atoms with van der Waals surface area (Å²) in [5.74, 6) is 2.17. The van der Waals surface area contributed by atoms with Crippen molar-refractivity contribution >= 4 is 5.91 Å². The van der Waals surface area contributed by atoms with E-state index >= 15 is 0 Å². The maximum absolute atomic E-state index is 13.9. The second kappa shape index (κ2) is 70.5. The van der Waals surface area contributed by atoms with Crippen molar-refractivity contribution in [1.82, 2.24) is 15.5 Å². The summed E-state index contributed by atoms with van der Waals surface area (Å²) in [6.45, 7) is 20.8. The van der Waals surface area contributed by atoms with E-state index in [1.54, 1.807) is 7.11 Å². The van der Waals surface area contributed by atoms with Crippen LogP contribution in [0.15, 0.2) is 47.5 Å². The fraction of sp³-hybridized carbons (Fsp3) is 0.880. The Kier molecular flexibility index (Phi) is 67.1. The van der Waals surface area contributed by atoms with E-state index < -0.39 is 0 Å². The lowest BCUT2D eigenvalue weighted by Gasteiger charge is -2.28. The molecule has 1 unspecified atom stereocenters. The van der Waals surface area contributed by atoms with Crippen molar-refractivity contribution < 1.29 is 47.4 Å². The van der Waals surface area contributed by atoms with Crippen LogP contribution in [0, 0.1) is 0 Å². The number of rotatable bonds is 73. The molecule has 1 saturated carbocycles. The highest BCUT2D eigenvalue weighted by atomic mass is 16.6. The van der Waals surface area contributed by atoms with Gasteiger partial charge < -0.3 is 58.2 Å². The predicted molar refractivity (Wildman–Crippen MR) is 371 cm³/mol. The minimum absolute atomic E-state index is 0.133. The molecule has 13 heteroatoms. The molecular formula is C75H143N3O10. The standard InChI is InChI=1S/C75H143N3O10/c1-6-10-14-17-20-22-24-26-28-30-32-34-36-38-41-44-54-85-70-73(86-55-45-42-39-37-35-33-31-29-27-25-23-21-18-15-11-7-2)69-78(53-43-40-19-16-12-8-3)75(79)50-56-81-59-60-82-61-62-83-63-64-84-65-66-88-74(71-47-46-48-71)68-77-52-58-87-72(49-13-9-4)67-76-51-57-80-5/h26-29,49,73,76-77H,6-25,30-48,50-70H2,1-5H3/b28-26-,29-27-,72-49-. The van der Waals surface area contributed by atoms with Crippen molar-refractivity contribution in [2.75, 3.05) is 139 Å². The summed E-state index contributed by atoms with van der Waals surface area (Å²) >= 11 is 0. The highest BCUT2D eigenvalue weighted by Gasteiger charge is 2.21. The van der Waals surface area contributed by atoms with Crippen molar-refractivity contribution in [3.05, 3.63) is 47.5 Å². The molecule has 0 aliphatic heterocycles. The van der Waals surface area contributed by atoms with Gasteiger partial charge in [-0.1, -0.05) is 206 Å². The largest absolute Gasteiger partial charge is 0.496 e. The van der Waals surface area contributed by atoms with Gasteiger partial charge in [-0.05, 0) is 108 Å². The average molecular weight is 1250 g/mol. The van der Waals surface area contributed by atoms with E-state index in [1.165, 1.54) is 205 Å². The Morgan fingerprint density at radius 3 is 1.40 bits per heavy atom. The second-order valence-corrected chi connectivity index (χ2v) is 24.6. The quantitative estimate of drug-likeness (QED) is 0.0342. The maximum atomic E-state index is 13.9.